The number of carbonyl (C=O) groups excluding carboxylic acids is 3. The third-order valence-corrected chi connectivity index (χ3v) is 8.92. The van der Waals surface area contributed by atoms with E-state index in [0.29, 0.717) is 47.3 Å². The first-order valence-corrected chi connectivity index (χ1v) is 15.5. The van der Waals surface area contributed by atoms with Gasteiger partial charge in [-0.2, -0.15) is 0 Å². The number of halogens is 1. The summed E-state index contributed by atoms with van der Waals surface area (Å²) in [6, 6.07) is 23.7. The van der Waals surface area contributed by atoms with E-state index in [4.69, 9.17) is 14.1 Å². The zero-order chi connectivity index (χ0) is 31.3. The normalized spacial score (nSPS) is 18.9. The predicted octanol–water partition coefficient (Wildman–Crippen LogP) is 6.97. The van der Waals surface area contributed by atoms with E-state index in [1.54, 1.807) is 60.6 Å². The minimum Gasteiger partial charge on any atom is -0.467 e. The average molecular weight is 627 g/mol. The number of anilines is 1. The summed E-state index contributed by atoms with van der Waals surface area (Å²) in [5, 5.41) is 2.81. The van der Waals surface area contributed by atoms with Crippen LogP contribution in [-0.4, -0.2) is 45.5 Å². The lowest BCUT2D eigenvalue weighted by molar-refractivity contribution is -0.126. The third kappa shape index (κ3) is 6.93. The van der Waals surface area contributed by atoms with Gasteiger partial charge in [-0.25, -0.2) is 14.2 Å². The van der Waals surface area contributed by atoms with Crippen molar-refractivity contribution in [1.82, 2.24) is 9.80 Å². The number of thioether (sulfide) groups is 1. The molecule has 9 nitrogen and oxygen atoms in total. The molecule has 0 saturated carbocycles. The van der Waals surface area contributed by atoms with Gasteiger partial charge in [-0.15, -0.1) is 0 Å². The summed E-state index contributed by atoms with van der Waals surface area (Å²) in [6.07, 6.45) is 2.27. The van der Waals surface area contributed by atoms with Crippen LogP contribution in [0.3, 0.4) is 0 Å². The molecule has 3 amide bonds. The molecule has 45 heavy (non-hydrogen) atoms. The highest BCUT2D eigenvalue weighted by Crippen LogP contribution is 2.42. The second-order valence-corrected chi connectivity index (χ2v) is 11.9. The molecule has 1 aromatic heterocycles. The molecule has 0 aliphatic carbocycles. The predicted molar refractivity (Wildman–Crippen MR) is 169 cm³/mol. The van der Waals surface area contributed by atoms with Gasteiger partial charge in [-0.05, 0) is 78.9 Å². The van der Waals surface area contributed by atoms with Crippen molar-refractivity contribution in [2.24, 2.45) is 4.99 Å². The molecule has 2 fully saturated rings. The number of carbonyl (C=O) groups is 3. The number of aryl methyl sites for hydroxylation is 1. The fourth-order valence-electron chi connectivity index (χ4n) is 5.33. The van der Waals surface area contributed by atoms with Crippen molar-refractivity contribution in [2.75, 3.05) is 11.9 Å². The van der Waals surface area contributed by atoms with Crippen molar-refractivity contribution < 1.29 is 27.9 Å². The molecule has 1 N–H and O–H groups in total. The Balaban J connectivity index is 1.13. The molecule has 0 bridgehead atoms. The number of amides is 3. The van der Waals surface area contributed by atoms with Crippen LogP contribution in [0.5, 0.6) is 0 Å². The zero-order valence-corrected chi connectivity index (χ0v) is 25.3. The molecule has 4 aromatic rings. The van der Waals surface area contributed by atoms with Gasteiger partial charge in [0.15, 0.2) is 5.17 Å². The van der Waals surface area contributed by atoms with Crippen LogP contribution in [0, 0.1) is 12.7 Å². The van der Waals surface area contributed by atoms with Crippen molar-refractivity contribution in [2.45, 2.75) is 44.2 Å². The number of likely N-dealkylation sites (tertiary alicyclic amines) is 1. The van der Waals surface area contributed by atoms with Gasteiger partial charge in [0.25, 0.3) is 0 Å². The quantitative estimate of drug-likeness (QED) is 0.227. The van der Waals surface area contributed by atoms with Crippen LogP contribution in [-0.2, 0) is 27.5 Å². The molecule has 2 saturated heterocycles. The summed E-state index contributed by atoms with van der Waals surface area (Å²) in [5.74, 6) is -0.205. The number of hydrogen-bond donors (Lipinski definition) is 1. The van der Waals surface area contributed by atoms with E-state index in [2.05, 4.69) is 5.32 Å². The Kier molecular flexibility index (Phi) is 8.97. The van der Waals surface area contributed by atoms with Crippen molar-refractivity contribution in [3.8, 4) is 0 Å². The van der Waals surface area contributed by atoms with E-state index in [-0.39, 0.29) is 30.8 Å². The number of aliphatic imine (C=N–C) groups is 1. The molecule has 11 heteroatoms. The van der Waals surface area contributed by atoms with Crippen LogP contribution >= 0.6 is 11.8 Å². The monoisotopic (exact) mass is 626 g/mol. The van der Waals surface area contributed by atoms with Gasteiger partial charge in [0.1, 0.15) is 29.5 Å². The van der Waals surface area contributed by atoms with Crippen LogP contribution in [0.4, 0.5) is 20.6 Å². The van der Waals surface area contributed by atoms with E-state index in [9.17, 15) is 18.8 Å². The molecule has 6 rings (SSSR count). The highest BCUT2D eigenvalue weighted by molar-refractivity contribution is 8.15. The fraction of sp³-hybridized carbons (Fsp3) is 0.235. The van der Waals surface area contributed by atoms with Gasteiger partial charge in [-0.3, -0.25) is 19.4 Å². The Bertz CT molecular complexity index is 1710. The lowest BCUT2D eigenvalue weighted by Crippen LogP contribution is -2.43. The largest absolute Gasteiger partial charge is 0.467 e. The number of ether oxygens (including phenoxy) is 1. The summed E-state index contributed by atoms with van der Waals surface area (Å²) in [4.78, 5) is 47.4. The van der Waals surface area contributed by atoms with Gasteiger partial charge in [0, 0.05) is 12.2 Å². The third-order valence-electron chi connectivity index (χ3n) is 7.69. The lowest BCUT2D eigenvalue weighted by Gasteiger charge is -2.23. The topological polar surface area (TPSA) is 104 Å². The molecular weight excluding hydrogens is 595 g/mol. The van der Waals surface area contributed by atoms with Gasteiger partial charge in [0.05, 0.1) is 18.5 Å². The summed E-state index contributed by atoms with van der Waals surface area (Å²) < 4.78 is 24.7. The second kappa shape index (κ2) is 13.4. The molecule has 3 aromatic carbocycles. The summed E-state index contributed by atoms with van der Waals surface area (Å²) in [7, 11) is 0. The molecular formula is C34H31FN4O5S. The first-order chi connectivity index (χ1) is 21.9. The maximum atomic E-state index is 13.7. The van der Waals surface area contributed by atoms with Gasteiger partial charge in [-0.1, -0.05) is 54.2 Å². The SMILES string of the molecule is Cc1cc(F)ccc1N=C1SC(c2ccc(NC(=O)[C@@H]3CCCN3C(=O)OCc3ccccc3)cc2)C(=O)N1Cc1ccco1. The van der Waals surface area contributed by atoms with Crippen LogP contribution in [0.2, 0.25) is 0 Å². The Hall–Kier alpha value is -4.90. The van der Waals surface area contributed by atoms with Crippen molar-refractivity contribution in [3.05, 3.63) is 119 Å². The average Bonchev–Trinajstić information content (AvgIpc) is 3.81. The van der Waals surface area contributed by atoms with Gasteiger partial charge < -0.3 is 14.5 Å². The highest BCUT2D eigenvalue weighted by atomic mass is 32.2. The molecule has 2 atom stereocenters. The van der Waals surface area contributed by atoms with Crippen LogP contribution in [0.1, 0.15) is 40.5 Å². The molecule has 0 spiro atoms. The first kappa shape index (κ1) is 30.1. The molecule has 0 radical (unpaired) electrons. The number of hydrogen-bond acceptors (Lipinski definition) is 7. The molecule has 1 unspecified atom stereocenters. The minimum absolute atomic E-state index is 0.138. The first-order valence-electron chi connectivity index (χ1n) is 14.6. The number of amidine groups is 1. The summed E-state index contributed by atoms with van der Waals surface area (Å²) in [6.45, 7) is 2.55. The summed E-state index contributed by atoms with van der Waals surface area (Å²) in [5.41, 5.74) is 3.38. The summed E-state index contributed by atoms with van der Waals surface area (Å²) >= 11 is 1.30. The standard InChI is InChI=1S/C34H31FN4O5S/c1-22-19-25(35)13-16-28(22)37-33-39(20-27-9-6-18-43-27)32(41)30(45-33)24-11-14-26(15-12-24)36-31(40)29-10-5-17-38(29)34(42)44-21-23-7-3-2-4-8-23/h2-4,6-9,11-16,18-19,29-30H,5,10,17,20-21H2,1H3,(H,36,40)/t29-,30?/m0/s1. The van der Waals surface area contributed by atoms with E-state index >= 15 is 0 Å². The Morgan fingerprint density at radius 1 is 1.07 bits per heavy atom. The maximum absolute atomic E-state index is 13.7. The highest BCUT2D eigenvalue weighted by Gasteiger charge is 2.40. The van der Waals surface area contributed by atoms with Gasteiger partial charge >= 0.3 is 6.09 Å². The van der Waals surface area contributed by atoms with Crippen molar-refractivity contribution in [3.63, 3.8) is 0 Å². The lowest BCUT2D eigenvalue weighted by atomic mass is 10.1. The Morgan fingerprint density at radius 3 is 2.60 bits per heavy atom. The minimum atomic E-state index is -0.635. The number of nitrogens with one attached hydrogen (secondary N) is 1. The van der Waals surface area contributed by atoms with Crippen molar-refractivity contribution in [1.29, 1.82) is 0 Å². The van der Waals surface area contributed by atoms with Gasteiger partial charge in [0.2, 0.25) is 11.8 Å². The van der Waals surface area contributed by atoms with Crippen LogP contribution < -0.4 is 5.32 Å². The van der Waals surface area contributed by atoms with E-state index in [1.807, 2.05) is 30.3 Å². The zero-order valence-electron chi connectivity index (χ0n) is 24.5. The van der Waals surface area contributed by atoms with E-state index < -0.39 is 17.4 Å². The fourth-order valence-corrected chi connectivity index (χ4v) is 6.50. The number of benzene rings is 3. The maximum Gasteiger partial charge on any atom is 0.410 e. The smallest absolute Gasteiger partial charge is 0.410 e. The van der Waals surface area contributed by atoms with E-state index in [1.165, 1.54) is 28.8 Å². The van der Waals surface area contributed by atoms with Crippen molar-refractivity contribution >= 4 is 46.2 Å². The Labute approximate surface area is 264 Å². The molecule has 3 heterocycles. The van der Waals surface area contributed by atoms with Crippen LogP contribution in [0.15, 0.2) is 101 Å². The number of nitrogens with zero attached hydrogens (tertiary/aromatic N) is 3. The second-order valence-electron chi connectivity index (χ2n) is 10.8. The molecule has 2 aliphatic heterocycles. The van der Waals surface area contributed by atoms with Crippen LogP contribution in [0.25, 0.3) is 0 Å². The molecule has 230 valence electrons. The molecule has 2 aliphatic rings. The Morgan fingerprint density at radius 2 is 1.87 bits per heavy atom. The van der Waals surface area contributed by atoms with E-state index in [0.717, 1.165) is 11.1 Å². The number of furan rings is 1. The number of rotatable bonds is 8.